The maximum Gasteiger partial charge on any atom is 0.148 e. The van der Waals surface area contributed by atoms with Gasteiger partial charge >= 0.3 is 0 Å². The van der Waals surface area contributed by atoms with Gasteiger partial charge in [-0.1, -0.05) is 30.3 Å². The topological polar surface area (TPSA) is 101 Å². The van der Waals surface area contributed by atoms with Gasteiger partial charge in [0.05, 0.1) is 6.20 Å². The van der Waals surface area contributed by atoms with E-state index in [9.17, 15) is 5.26 Å². The Bertz CT molecular complexity index is 1450. The number of nitrogens with zero attached hydrogens (tertiary/aromatic N) is 3. The van der Waals surface area contributed by atoms with Gasteiger partial charge in [0.1, 0.15) is 24.1 Å². The molecule has 6 nitrogen and oxygen atoms in total. The summed E-state index contributed by atoms with van der Waals surface area (Å²) in [5.41, 5.74) is 10.6. The minimum Gasteiger partial charge on any atom is -0.490 e. The van der Waals surface area contributed by atoms with Gasteiger partial charge in [0.2, 0.25) is 0 Å². The number of aromatic nitrogens is 3. The first-order valence-electron chi connectivity index (χ1n) is 10.4. The average Bonchev–Trinajstić information content (AvgIpc) is 3.25. The molecule has 6 heteroatoms. The van der Waals surface area contributed by atoms with Gasteiger partial charge in [-0.15, -0.1) is 0 Å². The zero-order valence-corrected chi connectivity index (χ0v) is 17.3. The molecular formula is C26H21N5O. The van der Waals surface area contributed by atoms with Crippen LogP contribution in [-0.4, -0.2) is 27.6 Å². The second-order valence-corrected chi connectivity index (χ2v) is 7.75. The van der Waals surface area contributed by atoms with Gasteiger partial charge in [-0.25, -0.2) is 4.98 Å². The van der Waals surface area contributed by atoms with Crippen molar-refractivity contribution in [1.82, 2.24) is 15.0 Å². The summed E-state index contributed by atoms with van der Waals surface area (Å²) in [5.74, 6) is 0.586. The van der Waals surface area contributed by atoms with Crippen LogP contribution in [0.4, 0.5) is 0 Å². The molecule has 2 aromatic carbocycles. The number of hydrogen-bond acceptors (Lipinski definition) is 5. The Labute approximate surface area is 185 Å². The van der Waals surface area contributed by atoms with Crippen LogP contribution < -0.4 is 10.5 Å². The molecule has 0 aliphatic carbocycles. The Morgan fingerprint density at radius 3 is 2.88 bits per heavy atom. The molecule has 0 fully saturated rings. The molecule has 3 heterocycles. The normalized spacial score (nSPS) is 12.0. The van der Waals surface area contributed by atoms with Crippen LogP contribution in [0.15, 0.2) is 79.4 Å². The molecule has 3 aromatic heterocycles. The highest BCUT2D eigenvalue weighted by molar-refractivity contribution is 5.87. The highest BCUT2D eigenvalue weighted by Crippen LogP contribution is 2.29. The number of pyridine rings is 2. The lowest BCUT2D eigenvalue weighted by molar-refractivity contribution is 0.287. The van der Waals surface area contributed by atoms with E-state index in [1.54, 1.807) is 12.4 Å². The van der Waals surface area contributed by atoms with Crippen LogP contribution in [-0.2, 0) is 6.42 Å². The zero-order valence-electron chi connectivity index (χ0n) is 17.3. The van der Waals surface area contributed by atoms with Crippen LogP contribution in [0.5, 0.6) is 5.75 Å². The monoisotopic (exact) mass is 419 g/mol. The number of nitrogens with one attached hydrogen (secondary N) is 1. The fraction of sp³-hybridized carbons (Fsp3) is 0.115. The van der Waals surface area contributed by atoms with Gasteiger partial charge < -0.3 is 15.5 Å². The number of H-pyrrole nitrogens is 1. The fourth-order valence-electron chi connectivity index (χ4n) is 3.93. The molecule has 0 saturated carbocycles. The molecule has 0 unspecified atom stereocenters. The smallest absolute Gasteiger partial charge is 0.148 e. The van der Waals surface area contributed by atoms with E-state index in [0.29, 0.717) is 24.5 Å². The number of fused-ring (bicyclic) bond motifs is 2. The van der Waals surface area contributed by atoms with Crippen LogP contribution in [0.2, 0.25) is 0 Å². The molecule has 1 atom stereocenters. The first kappa shape index (κ1) is 19.7. The number of nitrogens with two attached hydrogens (primary N) is 1. The van der Waals surface area contributed by atoms with Crippen LogP contribution >= 0.6 is 0 Å². The van der Waals surface area contributed by atoms with E-state index in [0.717, 1.165) is 27.4 Å². The van der Waals surface area contributed by atoms with Crippen molar-refractivity contribution < 1.29 is 4.74 Å². The van der Waals surface area contributed by atoms with Gasteiger partial charge in [0.25, 0.3) is 0 Å². The Morgan fingerprint density at radius 2 is 1.97 bits per heavy atom. The Hall–Kier alpha value is -4.21. The number of hydrogen-bond donors (Lipinski definition) is 2. The van der Waals surface area contributed by atoms with Crippen molar-refractivity contribution in [3.8, 4) is 22.9 Å². The second kappa shape index (κ2) is 8.50. The fourth-order valence-corrected chi connectivity index (χ4v) is 3.93. The summed E-state index contributed by atoms with van der Waals surface area (Å²) >= 11 is 0. The van der Waals surface area contributed by atoms with Gasteiger partial charge in [-0.2, -0.15) is 5.26 Å². The maximum atomic E-state index is 9.55. The molecule has 0 radical (unpaired) electrons. The van der Waals surface area contributed by atoms with Crippen LogP contribution in [0, 0.1) is 11.3 Å². The number of rotatable bonds is 6. The lowest BCUT2D eigenvalue weighted by atomic mass is 10.0. The molecule has 0 spiro atoms. The van der Waals surface area contributed by atoms with E-state index in [2.05, 4.69) is 27.1 Å². The Kier molecular flexibility index (Phi) is 5.24. The third-order valence-corrected chi connectivity index (χ3v) is 5.54. The van der Waals surface area contributed by atoms with E-state index in [1.807, 2.05) is 60.9 Å². The predicted molar refractivity (Wildman–Crippen MR) is 125 cm³/mol. The lowest BCUT2D eigenvalue weighted by Crippen LogP contribution is -2.30. The van der Waals surface area contributed by atoms with Gasteiger partial charge in [-0.3, -0.25) is 4.98 Å². The SMILES string of the molecule is N#Cc1ncc(OC[C@@H](N)Cc2c[nH]c3ccccc23)cc1-c1ccc2cnccc2c1. The molecule has 156 valence electrons. The number of para-hydroxylation sites is 1. The third-order valence-electron chi connectivity index (χ3n) is 5.54. The number of benzene rings is 2. The van der Waals surface area contributed by atoms with E-state index in [-0.39, 0.29) is 6.04 Å². The summed E-state index contributed by atoms with van der Waals surface area (Å²) in [7, 11) is 0. The summed E-state index contributed by atoms with van der Waals surface area (Å²) in [5, 5.41) is 12.8. The third kappa shape index (κ3) is 3.89. The summed E-state index contributed by atoms with van der Waals surface area (Å²) < 4.78 is 5.96. The molecule has 0 bridgehead atoms. The zero-order chi connectivity index (χ0) is 21.9. The summed E-state index contributed by atoms with van der Waals surface area (Å²) in [6.45, 7) is 0.343. The standard InChI is InChI=1S/C26H21N5O/c27-12-26-24(18-5-6-19-13-29-8-7-17(19)9-18)11-22(15-31-26)32-16-21(28)10-20-14-30-25-4-2-1-3-23(20)25/h1-9,11,13-15,21,30H,10,16,28H2/t21-/m0/s1. The Balaban J connectivity index is 1.34. The van der Waals surface area contributed by atoms with Crippen LogP contribution in [0.25, 0.3) is 32.8 Å². The number of ether oxygens (including phenoxy) is 1. The van der Waals surface area contributed by atoms with E-state index in [1.165, 1.54) is 10.9 Å². The largest absolute Gasteiger partial charge is 0.490 e. The summed E-state index contributed by atoms with van der Waals surface area (Å²) in [6, 6.07) is 19.9. The summed E-state index contributed by atoms with van der Waals surface area (Å²) in [4.78, 5) is 11.7. The quantitative estimate of drug-likeness (QED) is 0.419. The molecule has 0 aliphatic heterocycles. The van der Waals surface area contributed by atoms with Gasteiger partial charge in [0.15, 0.2) is 0 Å². The molecule has 32 heavy (non-hydrogen) atoms. The predicted octanol–water partition coefficient (Wildman–Crippen LogP) is 4.60. The van der Waals surface area contributed by atoms with Crippen LogP contribution in [0.3, 0.4) is 0 Å². The molecule has 0 saturated heterocycles. The van der Waals surface area contributed by atoms with Crippen molar-refractivity contribution in [1.29, 1.82) is 5.26 Å². The van der Waals surface area contributed by atoms with Crippen molar-refractivity contribution in [2.45, 2.75) is 12.5 Å². The molecule has 3 N–H and O–H groups in total. The first-order valence-corrected chi connectivity index (χ1v) is 10.4. The van der Waals surface area contributed by atoms with Crippen molar-refractivity contribution in [2.75, 3.05) is 6.61 Å². The highest BCUT2D eigenvalue weighted by Gasteiger charge is 2.12. The maximum absolute atomic E-state index is 9.55. The van der Waals surface area contributed by atoms with E-state index < -0.39 is 0 Å². The minimum atomic E-state index is -0.179. The van der Waals surface area contributed by atoms with Crippen molar-refractivity contribution in [3.63, 3.8) is 0 Å². The van der Waals surface area contributed by atoms with Gasteiger partial charge in [0, 0.05) is 46.5 Å². The van der Waals surface area contributed by atoms with E-state index in [4.69, 9.17) is 10.5 Å². The number of aromatic amines is 1. The van der Waals surface area contributed by atoms with Crippen molar-refractivity contribution >= 4 is 21.7 Å². The minimum absolute atomic E-state index is 0.179. The van der Waals surface area contributed by atoms with Gasteiger partial charge in [-0.05, 0) is 47.2 Å². The molecular weight excluding hydrogens is 398 g/mol. The average molecular weight is 419 g/mol. The van der Waals surface area contributed by atoms with Crippen LogP contribution in [0.1, 0.15) is 11.3 Å². The molecule has 5 aromatic rings. The van der Waals surface area contributed by atoms with E-state index >= 15 is 0 Å². The number of nitriles is 1. The molecule has 5 rings (SSSR count). The first-order chi connectivity index (χ1) is 15.7. The molecule has 0 amide bonds. The Morgan fingerprint density at radius 1 is 1.06 bits per heavy atom. The van der Waals surface area contributed by atoms with Crippen molar-refractivity contribution in [2.24, 2.45) is 5.73 Å². The second-order valence-electron chi connectivity index (χ2n) is 7.75. The highest BCUT2D eigenvalue weighted by atomic mass is 16.5. The lowest BCUT2D eigenvalue weighted by Gasteiger charge is -2.14. The summed E-state index contributed by atoms with van der Waals surface area (Å²) in [6.07, 6.45) is 7.84. The molecule has 0 aliphatic rings. The van der Waals surface area contributed by atoms with Crippen molar-refractivity contribution in [3.05, 3.63) is 90.6 Å².